The minimum atomic E-state index is -0.178. The molecule has 3 rings (SSSR count). The molecule has 1 heterocycles. The monoisotopic (exact) mass is 466 g/mol. The minimum Gasteiger partial charge on any atom is -0.383 e. The van der Waals surface area contributed by atoms with E-state index in [1.54, 1.807) is 12.0 Å². The van der Waals surface area contributed by atoms with Crippen LogP contribution in [0.1, 0.15) is 25.7 Å². The number of carbonyl (C=O) groups excluding carboxylic acids is 2. The highest BCUT2D eigenvalue weighted by Gasteiger charge is 2.29. The van der Waals surface area contributed by atoms with Crippen molar-refractivity contribution in [3.8, 4) is 10.6 Å². The summed E-state index contributed by atoms with van der Waals surface area (Å²) in [6, 6.07) is 7.75. The first-order valence-corrected chi connectivity index (χ1v) is 10.8. The van der Waals surface area contributed by atoms with Gasteiger partial charge in [-0.15, -0.1) is 10.2 Å². The number of carbonyl (C=O) groups is 2. The maximum atomic E-state index is 12.5. The van der Waals surface area contributed by atoms with Gasteiger partial charge in [0.2, 0.25) is 16.9 Å². The summed E-state index contributed by atoms with van der Waals surface area (Å²) in [6.45, 7) is 1.35. The number of hydrogen-bond acceptors (Lipinski definition) is 6. The second kappa shape index (κ2) is 10.1. The van der Waals surface area contributed by atoms with Crippen molar-refractivity contribution in [2.75, 3.05) is 32.1 Å². The third-order valence-electron chi connectivity index (χ3n) is 4.70. The number of aromatic nitrogens is 2. The van der Waals surface area contributed by atoms with Gasteiger partial charge in [-0.1, -0.05) is 45.8 Å². The Balaban J connectivity index is 1.52. The van der Waals surface area contributed by atoms with Crippen LogP contribution in [0.2, 0.25) is 0 Å². The van der Waals surface area contributed by atoms with E-state index in [0.717, 1.165) is 34.3 Å². The standard InChI is InChI=1S/C19H23BrN4O3S/c1-27-12-11-24(18(26)14-3-2-4-14)10-9-16(25)21-19-23-22-17(28-19)13-5-7-15(20)8-6-13/h5-8,14H,2-4,9-12H2,1H3,(H,21,23,25). The lowest BCUT2D eigenvalue weighted by molar-refractivity contribution is -0.139. The van der Waals surface area contributed by atoms with E-state index in [9.17, 15) is 9.59 Å². The van der Waals surface area contributed by atoms with E-state index in [2.05, 4.69) is 31.4 Å². The maximum Gasteiger partial charge on any atom is 0.227 e. The molecule has 0 atom stereocenters. The summed E-state index contributed by atoms with van der Waals surface area (Å²) in [6.07, 6.45) is 3.21. The molecule has 28 heavy (non-hydrogen) atoms. The fourth-order valence-electron chi connectivity index (χ4n) is 2.85. The van der Waals surface area contributed by atoms with E-state index in [1.807, 2.05) is 24.3 Å². The van der Waals surface area contributed by atoms with Crippen molar-refractivity contribution in [2.24, 2.45) is 5.92 Å². The molecule has 0 spiro atoms. The van der Waals surface area contributed by atoms with Gasteiger partial charge in [-0.3, -0.25) is 9.59 Å². The first-order chi connectivity index (χ1) is 13.6. The Bertz CT molecular complexity index is 808. The fourth-order valence-corrected chi connectivity index (χ4v) is 3.88. The molecule has 7 nitrogen and oxygen atoms in total. The number of amides is 2. The first-order valence-electron chi connectivity index (χ1n) is 9.24. The third kappa shape index (κ3) is 5.59. The van der Waals surface area contributed by atoms with Crippen molar-refractivity contribution in [1.82, 2.24) is 15.1 Å². The van der Waals surface area contributed by atoms with E-state index in [1.165, 1.54) is 11.3 Å². The Kier molecular flexibility index (Phi) is 7.52. The van der Waals surface area contributed by atoms with Crippen molar-refractivity contribution < 1.29 is 14.3 Å². The van der Waals surface area contributed by atoms with Crippen LogP contribution in [-0.2, 0) is 14.3 Å². The molecule has 0 aliphatic heterocycles. The van der Waals surface area contributed by atoms with E-state index in [4.69, 9.17) is 4.74 Å². The number of anilines is 1. The molecule has 9 heteroatoms. The number of benzene rings is 1. The molecule has 0 unspecified atom stereocenters. The molecule has 1 saturated carbocycles. The van der Waals surface area contributed by atoms with E-state index in [-0.39, 0.29) is 24.2 Å². The SMILES string of the molecule is COCCN(CCC(=O)Nc1nnc(-c2ccc(Br)cc2)s1)C(=O)C1CCC1. The minimum absolute atomic E-state index is 0.108. The van der Waals surface area contributed by atoms with Gasteiger partial charge in [-0.25, -0.2) is 0 Å². The zero-order chi connectivity index (χ0) is 19.9. The zero-order valence-corrected chi connectivity index (χ0v) is 18.1. The molecule has 150 valence electrons. The summed E-state index contributed by atoms with van der Waals surface area (Å²) in [5.74, 6) is 0.0587. The van der Waals surface area contributed by atoms with E-state index >= 15 is 0 Å². The second-order valence-electron chi connectivity index (χ2n) is 6.66. The van der Waals surface area contributed by atoms with Crippen molar-refractivity contribution in [3.05, 3.63) is 28.7 Å². The van der Waals surface area contributed by atoms with Crippen molar-refractivity contribution >= 4 is 44.2 Å². The highest BCUT2D eigenvalue weighted by Crippen LogP contribution is 2.29. The summed E-state index contributed by atoms with van der Waals surface area (Å²) in [7, 11) is 1.61. The lowest BCUT2D eigenvalue weighted by Gasteiger charge is -2.31. The average molecular weight is 467 g/mol. The quantitative estimate of drug-likeness (QED) is 0.610. The molecule has 1 aliphatic carbocycles. The van der Waals surface area contributed by atoms with Gasteiger partial charge >= 0.3 is 0 Å². The van der Waals surface area contributed by atoms with Gasteiger partial charge in [0.05, 0.1) is 6.61 Å². The van der Waals surface area contributed by atoms with Crippen molar-refractivity contribution in [2.45, 2.75) is 25.7 Å². The summed E-state index contributed by atoms with van der Waals surface area (Å²) < 4.78 is 6.08. The molecule has 1 aliphatic rings. The predicted molar refractivity (Wildman–Crippen MR) is 112 cm³/mol. The first kappa shape index (κ1) is 20.9. The molecule has 1 aromatic heterocycles. The number of rotatable bonds is 9. The Morgan fingerprint density at radius 3 is 2.64 bits per heavy atom. The second-order valence-corrected chi connectivity index (χ2v) is 8.56. The number of methoxy groups -OCH3 is 1. The largest absolute Gasteiger partial charge is 0.383 e. The highest BCUT2D eigenvalue weighted by atomic mass is 79.9. The van der Waals surface area contributed by atoms with Crippen molar-refractivity contribution in [3.63, 3.8) is 0 Å². The van der Waals surface area contributed by atoms with Gasteiger partial charge in [0.1, 0.15) is 5.01 Å². The van der Waals surface area contributed by atoms with Crippen LogP contribution in [0.15, 0.2) is 28.7 Å². The fraction of sp³-hybridized carbons (Fsp3) is 0.474. The Hall–Kier alpha value is -1.84. The molecule has 0 radical (unpaired) electrons. The van der Waals surface area contributed by atoms with Gasteiger partial charge in [0, 0.05) is 42.6 Å². The number of ether oxygens (including phenoxy) is 1. The van der Waals surface area contributed by atoms with Gasteiger partial charge in [-0.2, -0.15) is 0 Å². The summed E-state index contributed by atoms with van der Waals surface area (Å²) in [4.78, 5) is 26.5. The lowest BCUT2D eigenvalue weighted by Crippen LogP contribution is -2.42. The Labute approximate surface area is 176 Å². The van der Waals surface area contributed by atoms with Crippen LogP contribution in [0.25, 0.3) is 10.6 Å². The molecule has 1 N–H and O–H groups in total. The number of nitrogens with zero attached hydrogens (tertiary/aromatic N) is 3. The van der Waals surface area contributed by atoms with Crippen LogP contribution >= 0.6 is 27.3 Å². The molecular weight excluding hydrogens is 444 g/mol. The average Bonchev–Trinajstić information content (AvgIpc) is 3.09. The van der Waals surface area contributed by atoms with Gasteiger partial charge < -0.3 is 15.0 Å². The third-order valence-corrected chi connectivity index (χ3v) is 6.12. The maximum absolute atomic E-state index is 12.5. The zero-order valence-electron chi connectivity index (χ0n) is 15.7. The number of hydrogen-bond donors (Lipinski definition) is 1. The van der Waals surface area contributed by atoms with E-state index in [0.29, 0.717) is 24.8 Å². The van der Waals surface area contributed by atoms with Crippen LogP contribution in [0.3, 0.4) is 0 Å². The number of halogens is 1. The van der Waals surface area contributed by atoms with Crippen molar-refractivity contribution in [1.29, 1.82) is 0 Å². The van der Waals surface area contributed by atoms with Gasteiger partial charge in [0.25, 0.3) is 0 Å². The smallest absolute Gasteiger partial charge is 0.227 e. The molecule has 0 bridgehead atoms. The molecular formula is C19H23BrN4O3S. The van der Waals surface area contributed by atoms with Crippen LogP contribution in [0.4, 0.5) is 5.13 Å². The van der Waals surface area contributed by atoms with E-state index < -0.39 is 0 Å². The lowest BCUT2D eigenvalue weighted by atomic mass is 9.84. The normalized spacial score (nSPS) is 13.8. The summed E-state index contributed by atoms with van der Waals surface area (Å²) in [5, 5.41) is 12.1. The summed E-state index contributed by atoms with van der Waals surface area (Å²) >= 11 is 4.72. The van der Waals surface area contributed by atoms with Gasteiger partial charge in [0.15, 0.2) is 0 Å². The van der Waals surface area contributed by atoms with Gasteiger partial charge in [-0.05, 0) is 25.0 Å². The van der Waals surface area contributed by atoms with Crippen LogP contribution in [0.5, 0.6) is 0 Å². The highest BCUT2D eigenvalue weighted by molar-refractivity contribution is 9.10. The molecule has 2 aromatic rings. The Morgan fingerprint density at radius 1 is 1.25 bits per heavy atom. The molecule has 1 aromatic carbocycles. The van der Waals surface area contributed by atoms with Crippen LogP contribution in [0, 0.1) is 5.92 Å². The summed E-state index contributed by atoms with van der Waals surface area (Å²) in [5.41, 5.74) is 0.943. The molecule has 1 fully saturated rings. The molecule has 2 amide bonds. The predicted octanol–water partition coefficient (Wildman–Crippen LogP) is 3.57. The topological polar surface area (TPSA) is 84.4 Å². The Morgan fingerprint density at radius 2 is 2.00 bits per heavy atom. The van der Waals surface area contributed by atoms with Crippen LogP contribution in [-0.4, -0.2) is 53.7 Å². The number of nitrogens with one attached hydrogen (secondary N) is 1. The van der Waals surface area contributed by atoms with Crippen LogP contribution < -0.4 is 5.32 Å². The molecule has 0 saturated heterocycles.